The number of nitrogens with one attached hydrogen (secondary N) is 3. The molecule has 0 radical (unpaired) electrons. The second-order valence-electron chi connectivity index (χ2n) is 6.47. The van der Waals surface area contributed by atoms with Crippen LogP contribution in [0.5, 0.6) is 0 Å². The van der Waals surface area contributed by atoms with Crippen LogP contribution >= 0.6 is 11.6 Å². The summed E-state index contributed by atoms with van der Waals surface area (Å²) in [7, 11) is 0. The monoisotopic (exact) mass is 405 g/mol. The molecule has 0 saturated heterocycles. The number of benzene rings is 2. The van der Waals surface area contributed by atoms with Crippen LogP contribution in [-0.4, -0.2) is 24.5 Å². The van der Waals surface area contributed by atoms with E-state index in [9.17, 15) is 14.0 Å². The molecule has 0 saturated carbocycles. The molecule has 0 aliphatic rings. The minimum absolute atomic E-state index is 0.221. The fourth-order valence-corrected chi connectivity index (χ4v) is 2.91. The molecule has 2 aromatic rings. The van der Waals surface area contributed by atoms with Crippen LogP contribution in [0, 0.1) is 5.82 Å². The average molecular weight is 406 g/mol. The lowest BCUT2D eigenvalue weighted by molar-refractivity contribution is -0.123. The van der Waals surface area contributed by atoms with Crippen molar-refractivity contribution < 1.29 is 14.0 Å². The van der Waals surface area contributed by atoms with Gasteiger partial charge in [-0.15, -0.1) is 0 Å². The van der Waals surface area contributed by atoms with Gasteiger partial charge in [-0.25, -0.2) is 9.18 Å². The predicted octanol–water partition coefficient (Wildman–Crippen LogP) is 3.81. The topological polar surface area (TPSA) is 70.2 Å². The molecule has 2 aromatic carbocycles. The molecule has 150 valence electrons. The molecule has 0 bridgehead atoms. The largest absolute Gasteiger partial charge is 0.354 e. The van der Waals surface area contributed by atoms with Gasteiger partial charge in [-0.1, -0.05) is 49.2 Å². The zero-order valence-corrected chi connectivity index (χ0v) is 16.6. The third-order valence-corrected chi connectivity index (χ3v) is 4.40. The van der Waals surface area contributed by atoms with Crippen molar-refractivity contribution >= 4 is 23.5 Å². The summed E-state index contributed by atoms with van der Waals surface area (Å²) in [5, 5.41) is 8.90. The van der Waals surface area contributed by atoms with Gasteiger partial charge < -0.3 is 16.0 Å². The van der Waals surface area contributed by atoms with Crippen LogP contribution in [0.1, 0.15) is 30.9 Å². The summed E-state index contributed by atoms with van der Waals surface area (Å²) in [4.78, 5) is 24.5. The van der Waals surface area contributed by atoms with Gasteiger partial charge >= 0.3 is 6.03 Å². The van der Waals surface area contributed by atoms with E-state index in [-0.39, 0.29) is 18.3 Å². The lowest BCUT2D eigenvalue weighted by Crippen LogP contribution is -2.50. The summed E-state index contributed by atoms with van der Waals surface area (Å²) >= 11 is 5.96. The maximum absolute atomic E-state index is 12.9. The highest BCUT2D eigenvalue weighted by Crippen LogP contribution is 2.10. The molecule has 0 fully saturated rings. The molecule has 0 spiro atoms. The highest BCUT2D eigenvalue weighted by molar-refractivity contribution is 6.30. The Morgan fingerprint density at radius 2 is 1.82 bits per heavy atom. The molecule has 7 heteroatoms. The number of amides is 3. The zero-order valence-electron chi connectivity index (χ0n) is 15.8. The number of rotatable bonds is 9. The van der Waals surface area contributed by atoms with Crippen LogP contribution in [-0.2, 0) is 17.8 Å². The molecule has 0 unspecified atom stereocenters. The SMILES string of the molecule is CCC[C@H](NC(=O)NCc1ccc(F)cc1)C(=O)NCCc1cccc(Cl)c1. The van der Waals surface area contributed by atoms with Gasteiger partial charge in [0.1, 0.15) is 11.9 Å². The lowest BCUT2D eigenvalue weighted by Gasteiger charge is -2.18. The summed E-state index contributed by atoms with van der Waals surface area (Å²) in [6.07, 6.45) is 1.94. The van der Waals surface area contributed by atoms with Crippen LogP contribution in [0.3, 0.4) is 0 Å². The maximum atomic E-state index is 12.9. The van der Waals surface area contributed by atoms with Crippen molar-refractivity contribution in [2.75, 3.05) is 6.54 Å². The third-order valence-electron chi connectivity index (χ3n) is 4.17. The van der Waals surface area contributed by atoms with E-state index in [1.807, 2.05) is 25.1 Å². The fourth-order valence-electron chi connectivity index (χ4n) is 2.70. The van der Waals surface area contributed by atoms with Gasteiger partial charge in [0.05, 0.1) is 0 Å². The Kier molecular flexibility index (Phi) is 8.75. The molecule has 3 N–H and O–H groups in total. The summed E-state index contributed by atoms with van der Waals surface area (Å²) in [5.74, 6) is -0.550. The lowest BCUT2D eigenvalue weighted by atomic mass is 10.1. The van der Waals surface area contributed by atoms with Crippen LogP contribution < -0.4 is 16.0 Å². The van der Waals surface area contributed by atoms with Crippen molar-refractivity contribution in [1.82, 2.24) is 16.0 Å². The van der Waals surface area contributed by atoms with Crippen LogP contribution in [0.15, 0.2) is 48.5 Å². The Labute approximate surface area is 169 Å². The Morgan fingerprint density at radius 1 is 1.07 bits per heavy atom. The highest BCUT2D eigenvalue weighted by atomic mass is 35.5. The highest BCUT2D eigenvalue weighted by Gasteiger charge is 2.19. The second-order valence-corrected chi connectivity index (χ2v) is 6.90. The van der Waals surface area contributed by atoms with Gasteiger partial charge in [-0.2, -0.15) is 0 Å². The second kappa shape index (κ2) is 11.3. The molecule has 0 heterocycles. The van der Waals surface area contributed by atoms with E-state index in [2.05, 4.69) is 16.0 Å². The normalized spacial score (nSPS) is 11.5. The van der Waals surface area contributed by atoms with Gasteiger partial charge in [-0.05, 0) is 48.2 Å². The van der Waals surface area contributed by atoms with Crippen molar-refractivity contribution in [3.8, 4) is 0 Å². The summed E-state index contributed by atoms with van der Waals surface area (Å²) in [6.45, 7) is 2.66. The van der Waals surface area contributed by atoms with Crippen molar-refractivity contribution in [1.29, 1.82) is 0 Å². The van der Waals surface area contributed by atoms with Gasteiger partial charge in [0.2, 0.25) is 5.91 Å². The molecule has 0 aromatic heterocycles. The molecule has 3 amide bonds. The quantitative estimate of drug-likeness (QED) is 0.593. The number of carbonyl (C=O) groups excluding carboxylic acids is 2. The number of halogens is 2. The minimum Gasteiger partial charge on any atom is -0.354 e. The molecule has 2 rings (SSSR count). The standard InChI is InChI=1S/C21H25ClFN3O2/c1-2-4-19(20(27)24-12-11-15-5-3-6-17(22)13-15)26-21(28)25-14-16-7-9-18(23)10-8-16/h3,5-10,13,19H,2,4,11-12,14H2,1H3,(H,24,27)(H2,25,26,28)/t19-/m0/s1. The van der Waals surface area contributed by atoms with E-state index in [1.54, 1.807) is 18.2 Å². The van der Waals surface area contributed by atoms with Gasteiger partial charge in [0.15, 0.2) is 0 Å². The zero-order chi connectivity index (χ0) is 20.4. The van der Waals surface area contributed by atoms with E-state index in [1.165, 1.54) is 12.1 Å². The maximum Gasteiger partial charge on any atom is 0.315 e. The smallest absolute Gasteiger partial charge is 0.315 e. The first kappa shape index (κ1) is 21.7. The first-order chi connectivity index (χ1) is 13.5. The third kappa shape index (κ3) is 7.56. The van der Waals surface area contributed by atoms with E-state index in [0.29, 0.717) is 24.4 Å². The molecule has 28 heavy (non-hydrogen) atoms. The molecule has 0 aliphatic heterocycles. The van der Waals surface area contributed by atoms with E-state index < -0.39 is 12.1 Å². The Morgan fingerprint density at radius 3 is 2.50 bits per heavy atom. The van der Waals surface area contributed by atoms with E-state index in [0.717, 1.165) is 17.5 Å². The predicted molar refractivity (Wildman–Crippen MR) is 109 cm³/mol. The van der Waals surface area contributed by atoms with Crippen molar-refractivity contribution in [2.45, 2.75) is 38.8 Å². The van der Waals surface area contributed by atoms with Crippen molar-refractivity contribution in [3.63, 3.8) is 0 Å². The number of urea groups is 1. The molecule has 0 aliphatic carbocycles. The van der Waals surface area contributed by atoms with Crippen LogP contribution in [0.2, 0.25) is 5.02 Å². The van der Waals surface area contributed by atoms with Gasteiger partial charge in [0, 0.05) is 18.1 Å². The van der Waals surface area contributed by atoms with Crippen LogP contribution in [0.25, 0.3) is 0 Å². The van der Waals surface area contributed by atoms with Crippen molar-refractivity contribution in [2.24, 2.45) is 0 Å². The number of carbonyl (C=O) groups is 2. The van der Waals surface area contributed by atoms with Gasteiger partial charge in [-0.3, -0.25) is 4.79 Å². The number of hydrogen-bond donors (Lipinski definition) is 3. The first-order valence-corrected chi connectivity index (χ1v) is 9.66. The molecular weight excluding hydrogens is 381 g/mol. The summed E-state index contributed by atoms with van der Waals surface area (Å²) in [6, 6.07) is 12.3. The first-order valence-electron chi connectivity index (χ1n) is 9.29. The fraction of sp³-hybridized carbons (Fsp3) is 0.333. The average Bonchev–Trinajstić information content (AvgIpc) is 2.67. The minimum atomic E-state index is -0.613. The van der Waals surface area contributed by atoms with E-state index >= 15 is 0 Å². The van der Waals surface area contributed by atoms with Crippen LogP contribution in [0.4, 0.5) is 9.18 Å². The molecule has 5 nitrogen and oxygen atoms in total. The Hall–Kier alpha value is -2.60. The van der Waals surface area contributed by atoms with Gasteiger partial charge in [0.25, 0.3) is 0 Å². The number of hydrogen-bond acceptors (Lipinski definition) is 2. The Balaban J connectivity index is 1.78. The molecule has 1 atom stereocenters. The summed E-state index contributed by atoms with van der Waals surface area (Å²) < 4.78 is 12.9. The van der Waals surface area contributed by atoms with Crippen molar-refractivity contribution in [3.05, 3.63) is 70.5 Å². The Bertz CT molecular complexity index is 783. The molecular formula is C21H25ClFN3O2. The van der Waals surface area contributed by atoms with E-state index in [4.69, 9.17) is 11.6 Å². The summed E-state index contributed by atoms with van der Waals surface area (Å²) in [5.41, 5.74) is 1.81.